The SMILES string of the molecule is CC(C)(C)OC(=O)N[C@@H]1CCCN(C(=O)c2cc3c4c(c2)nc(-c2cc5ccccc5n2CC2CC2)n4CCO3)C1. The fourth-order valence-corrected chi connectivity index (χ4v) is 6.21. The molecule has 2 aromatic carbocycles. The highest BCUT2D eigenvalue weighted by atomic mass is 16.6. The number of nitrogens with one attached hydrogen (secondary N) is 1. The maximum absolute atomic E-state index is 13.7. The second kappa shape index (κ2) is 9.82. The van der Waals surface area contributed by atoms with Gasteiger partial charge in [0.2, 0.25) is 0 Å². The molecule has 0 radical (unpaired) electrons. The summed E-state index contributed by atoms with van der Waals surface area (Å²) in [6.07, 6.45) is 3.71. The van der Waals surface area contributed by atoms with Crippen LogP contribution in [0.25, 0.3) is 33.5 Å². The van der Waals surface area contributed by atoms with Crippen LogP contribution in [0.3, 0.4) is 0 Å². The minimum absolute atomic E-state index is 0.0769. The summed E-state index contributed by atoms with van der Waals surface area (Å²) in [7, 11) is 0. The van der Waals surface area contributed by atoms with Gasteiger partial charge in [-0.05, 0) is 76.6 Å². The molecule has 1 saturated carbocycles. The van der Waals surface area contributed by atoms with Crippen molar-refractivity contribution in [1.29, 1.82) is 0 Å². The molecule has 0 unspecified atom stereocenters. The van der Waals surface area contributed by atoms with Crippen LogP contribution >= 0.6 is 0 Å². The van der Waals surface area contributed by atoms with E-state index in [1.165, 1.54) is 23.7 Å². The van der Waals surface area contributed by atoms with Gasteiger partial charge in [0.1, 0.15) is 23.5 Å². The topological polar surface area (TPSA) is 90.6 Å². The highest BCUT2D eigenvalue weighted by Crippen LogP contribution is 2.39. The molecule has 1 saturated heterocycles. The van der Waals surface area contributed by atoms with E-state index in [9.17, 15) is 9.59 Å². The second-order valence-electron chi connectivity index (χ2n) is 12.7. The van der Waals surface area contributed by atoms with Crippen molar-refractivity contribution >= 4 is 33.9 Å². The Bertz CT molecular complexity index is 1660. The largest absolute Gasteiger partial charge is 0.489 e. The minimum atomic E-state index is -0.570. The van der Waals surface area contributed by atoms with Gasteiger partial charge in [0, 0.05) is 42.1 Å². The number of benzene rings is 2. The average molecular weight is 556 g/mol. The number of likely N-dealkylation sites (tertiary alicyclic amines) is 1. The van der Waals surface area contributed by atoms with E-state index in [1.807, 2.05) is 37.8 Å². The van der Waals surface area contributed by atoms with Gasteiger partial charge in [-0.2, -0.15) is 0 Å². The van der Waals surface area contributed by atoms with Gasteiger partial charge in [0.05, 0.1) is 17.8 Å². The molecule has 0 bridgehead atoms. The zero-order valence-corrected chi connectivity index (χ0v) is 24.0. The molecule has 41 heavy (non-hydrogen) atoms. The molecule has 0 spiro atoms. The lowest BCUT2D eigenvalue weighted by atomic mass is 10.0. The van der Waals surface area contributed by atoms with Crippen LogP contribution in [0, 0.1) is 5.92 Å². The quantitative estimate of drug-likeness (QED) is 0.347. The number of hydrogen-bond donors (Lipinski definition) is 1. The van der Waals surface area contributed by atoms with Gasteiger partial charge in [-0.1, -0.05) is 18.2 Å². The van der Waals surface area contributed by atoms with E-state index < -0.39 is 11.7 Å². The number of amides is 2. The number of piperidine rings is 1. The van der Waals surface area contributed by atoms with Crippen LogP contribution in [0.4, 0.5) is 4.79 Å². The smallest absolute Gasteiger partial charge is 0.407 e. The van der Waals surface area contributed by atoms with Gasteiger partial charge in [-0.3, -0.25) is 4.79 Å². The molecule has 9 heteroatoms. The fourth-order valence-electron chi connectivity index (χ4n) is 6.21. The lowest BCUT2D eigenvalue weighted by Gasteiger charge is -2.33. The number of imidazole rings is 1. The summed E-state index contributed by atoms with van der Waals surface area (Å²) in [6, 6.07) is 14.4. The molecule has 4 aromatic rings. The highest BCUT2D eigenvalue weighted by Gasteiger charge is 2.31. The standard InChI is InChI=1S/C32H37N5O4/c1-32(2,3)41-31(39)33-23-8-6-12-35(19-23)30(38)22-15-24-28-27(17-22)40-14-13-36(28)29(34-24)26-16-21-7-4-5-9-25(21)37(26)18-20-10-11-20/h4-5,7,9,15-17,20,23H,6,8,10-14,18-19H2,1-3H3,(H,33,39)/t23-/m1/s1. The molecular formula is C32H37N5O4. The van der Waals surface area contributed by atoms with Gasteiger partial charge < -0.3 is 28.8 Å². The first-order valence-electron chi connectivity index (χ1n) is 14.8. The molecule has 2 aromatic heterocycles. The Kier molecular flexibility index (Phi) is 6.21. The van der Waals surface area contributed by atoms with Crippen molar-refractivity contribution in [2.75, 3.05) is 19.7 Å². The monoisotopic (exact) mass is 555 g/mol. The van der Waals surface area contributed by atoms with Crippen LogP contribution in [0.15, 0.2) is 42.5 Å². The summed E-state index contributed by atoms with van der Waals surface area (Å²) < 4.78 is 16.2. The van der Waals surface area contributed by atoms with E-state index in [4.69, 9.17) is 14.5 Å². The number of rotatable bonds is 5. The number of alkyl carbamates (subject to hydrolysis) is 1. The Morgan fingerprint density at radius 2 is 1.93 bits per heavy atom. The van der Waals surface area contributed by atoms with E-state index in [-0.39, 0.29) is 11.9 Å². The van der Waals surface area contributed by atoms with E-state index in [0.29, 0.717) is 37.6 Å². The van der Waals surface area contributed by atoms with Gasteiger partial charge in [-0.15, -0.1) is 0 Å². The van der Waals surface area contributed by atoms with Crippen molar-refractivity contribution in [2.24, 2.45) is 5.92 Å². The van der Waals surface area contributed by atoms with Crippen molar-refractivity contribution in [3.05, 3.63) is 48.0 Å². The van der Waals surface area contributed by atoms with Crippen molar-refractivity contribution in [2.45, 2.75) is 71.2 Å². The molecule has 1 aliphatic carbocycles. The Balaban J connectivity index is 1.20. The molecule has 9 nitrogen and oxygen atoms in total. The first-order valence-corrected chi connectivity index (χ1v) is 14.8. The van der Waals surface area contributed by atoms with E-state index in [1.54, 1.807) is 0 Å². The summed E-state index contributed by atoms with van der Waals surface area (Å²) in [4.78, 5) is 33.0. The summed E-state index contributed by atoms with van der Waals surface area (Å²) in [6.45, 7) is 8.83. The normalized spacial score (nSPS) is 18.9. The first-order chi connectivity index (χ1) is 19.7. The van der Waals surface area contributed by atoms with Crippen molar-refractivity contribution in [3.8, 4) is 17.3 Å². The van der Waals surface area contributed by atoms with Crippen LogP contribution in [0.1, 0.15) is 56.8 Å². The summed E-state index contributed by atoms with van der Waals surface area (Å²) in [5.41, 5.74) is 4.04. The average Bonchev–Trinajstić information content (AvgIpc) is 3.58. The molecule has 3 aliphatic rings. The Morgan fingerprint density at radius 3 is 2.73 bits per heavy atom. The Hall–Kier alpha value is -4.01. The molecule has 2 aliphatic heterocycles. The number of hydrogen-bond acceptors (Lipinski definition) is 5. The maximum atomic E-state index is 13.7. The number of ether oxygens (including phenoxy) is 2. The van der Waals surface area contributed by atoms with Gasteiger partial charge >= 0.3 is 6.09 Å². The van der Waals surface area contributed by atoms with Crippen molar-refractivity contribution in [3.63, 3.8) is 0 Å². The zero-order valence-electron chi connectivity index (χ0n) is 24.0. The minimum Gasteiger partial charge on any atom is -0.489 e. The van der Waals surface area contributed by atoms with E-state index in [0.717, 1.165) is 47.9 Å². The summed E-state index contributed by atoms with van der Waals surface area (Å²) in [5, 5.41) is 4.15. The van der Waals surface area contributed by atoms with Gasteiger partial charge in [0.25, 0.3) is 5.91 Å². The maximum Gasteiger partial charge on any atom is 0.407 e. The fraction of sp³-hybridized carbons (Fsp3) is 0.469. The van der Waals surface area contributed by atoms with Gasteiger partial charge in [0.15, 0.2) is 5.82 Å². The van der Waals surface area contributed by atoms with Crippen molar-refractivity contribution < 1.29 is 19.1 Å². The molecule has 2 amide bonds. The molecule has 4 heterocycles. The predicted octanol–water partition coefficient (Wildman–Crippen LogP) is 5.59. The number of aromatic nitrogens is 3. The lowest BCUT2D eigenvalue weighted by molar-refractivity contribution is 0.0452. The van der Waals surface area contributed by atoms with E-state index >= 15 is 0 Å². The van der Waals surface area contributed by atoms with Crippen LogP contribution < -0.4 is 10.1 Å². The molecule has 2 fully saturated rings. The van der Waals surface area contributed by atoms with Crippen LogP contribution in [-0.2, 0) is 17.8 Å². The van der Waals surface area contributed by atoms with Crippen LogP contribution in [0.2, 0.25) is 0 Å². The van der Waals surface area contributed by atoms with Crippen LogP contribution in [0.5, 0.6) is 5.75 Å². The first kappa shape index (κ1) is 25.9. The predicted molar refractivity (Wildman–Crippen MR) is 157 cm³/mol. The van der Waals surface area contributed by atoms with Crippen LogP contribution in [-0.4, -0.2) is 62.4 Å². The number of fused-ring (bicyclic) bond motifs is 1. The molecule has 7 rings (SSSR count). The molecular weight excluding hydrogens is 518 g/mol. The number of carbonyl (C=O) groups excluding carboxylic acids is 2. The number of nitrogens with zero attached hydrogens (tertiary/aromatic N) is 4. The molecule has 1 atom stereocenters. The molecule has 1 N–H and O–H groups in total. The second-order valence-corrected chi connectivity index (χ2v) is 12.7. The lowest BCUT2D eigenvalue weighted by Crippen LogP contribution is -2.50. The summed E-state index contributed by atoms with van der Waals surface area (Å²) >= 11 is 0. The number of para-hydroxylation sites is 1. The number of carbonyl (C=O) groups is 2. The summed E-state index contributed by atoms with van der Waals surface area (Å²) in [5.74, 6) is 2.26. The Labute approximate surface area is 239 Å². The third-order valence-electron chi connectivity index (χ3n) is 8.23. The van der Waals surface area contributed by atoms with E-state index in [2.05, 4.69) is 44.8 Å². The Morgan fingerprint density at radius 1 is 1.10 bits per heavy atom. The van der Waals surface area contributed by atoms with Crippen molar-refractivity contribution in [1.82, 2.24) is 24.3 Å². The third kappa shape index (κ3) is 5.02. The highest BCUT2D eigenvalue weighted by molar-refractivity contribution is 6.00. The third-order valence-corrected chi connectivity index (χ3v) is 8.23. The molecule has 214 valence electrons. The zero-order chi connectivity index (χ0) is 28.3. The van der Waals surface area contributed by atoms with Gasteiger partial charge in [-0.25, -0.2) is 9.78 Å².